The van der Waals surface area contributed by atoms with Crippen molar-refractivity contribution in [2.75, 3.05) is 13.7 Å². The van der Waals surface area contributed by atoms with Crippen LogP contribution in [0.2, 0.25) is 0 Å². The van der Waals surface area contributed by atoms with E-state index >= 15 is 0 Å². The summed E-state index contributed by atoms with van der Waals surface area (Å²) in [5.41, 5.74) is 4.03. The second-order valence-electron chi connectivity index (χ2n) is 7.77. The van der Waals surface area contributed by atoms with Crippen molar-refractivity contribution < 1.29 is 14.3 Å². The summed E-state index contributed by atoms with van der Waals surface area (Å²) in [4.78, 5) is 31.9. The van der Waals surface area contributed by atoms with Crippen molar-refractivity contribution in [2.45, 2.75) is 31.7 Å². The normalized spacial score (nSPS) is 13.7. The van der Waals surface area contributed by atoms with E-state index in [1.165, 1.54) is 7.11 Å². The summed E-state index contributed by atoms with van der Waals surface area (Å²) in [5, 5.41) is 0. The SMILES string of the molecule is COC(=O)CN(C(=O)c1ccc(-c2ccccc2)c(-c2ccccc2)n1)C1CCCC1. The molecule has 1 aromatic heterocycles. The van der Waals surface area contributed by atoms with Gasteiger partial charge < -0.3 is 9.64 Å². The Bertz CT molecular complexity index is 1040. The molecule has 1 aliphatic carbocycles. The first-order chi connectivity index (χ1) is 15.2. The molecule has 1 saturated carbocycles. The van der Waals surface area contributed by atoms with Crippen molar-refractivity contribution in [3.05, 3.63) is 78.5 Å². The smallest absolute Gasteiger partial charge is 0.325 e. The number of rotatable bonds is 6. The van der Waals surface area contributed by atoms with Crippen LogP contribution in [0.25, 0.3) is 22.4 Å². The molecule has 0 spiro atoms. The molecule has 0 unspecified atom stereocenters. The molecule has 158 valence electrons. The fourth-order valence-corrected chi connectivity index (χ4v) is 4.18. The summed E-state index contributed by atoms with van der Waals surface area (Å²) >= 11 is 0. The lowest BCUT2D eigenvalue weighted by Gasteiger charge is -2.27. The first-order valence-corrected chi connectivity index (χ1v) is 10.7. The summed E-state index contributed by atoms with van der Waals surface area (Å²) in [7, 11) is 1.35. The molecule has 0 radical (unpaired) electrons. The van der Waals surface area contributed by atoms with Gasteiger partial charge in [0.2, 0.25) is 0 Å². The van der Waals surface area contributed by atoms with Gasteiger partial charge in [0, 0.05) is 17.2 Å². The number of methoxy groups -OCH3 is 1. The molecule has 0 N–H and O–H groups in total. The van der Waals surface area contributed by atoms with Crippen LogP contribution in [0.5, 0.6) is 0 Å². The van der Waals surface area contributed by atoms with Gasteiger partial charge in [0.25, 0.3) is 5.91 Å². The van der Waals surface area contributed by atoms with E-state index in [9.17, 15) is 9.59 Å². The Balaban J connectivity index is 1.75. The molecule has 4 rings (SSSR count). The van der Waals surface area contributed by atoms with Gasteiger partial charge in [0.05, 0.1) is 12.8 Å². The van der Waals surface area contributed by atoms with Gasteiger partial charge in [-0.2, -0.15) is 0 Å². The van der Waals surface area contributed by atoms with Gasteiger partial charge >= 0.3 is 5.97 Å². The Labute approximate surface area is 182 Å². The van der Waals surface area contributed by atoms with Crippen LogP contribution in [0.15, 0.2) is 72.8 Å². The zero-order valence-corrected chi connectivity index (χ0v) is 17.7. The first-order valence-electron chi connectivity index (χ1n) is 10.7. The molecular formula is C26H26N2O3. The molecule has 0 atom stereocenters. The third-order valence-electron chi connectivity index (χ3n) is 5.80. The molecule has 2 aromatic carbocycles. The van der Waals surface area contributed by atoms with Gasteiger partial charge in [-0.15, -0.1) is 0 Å². The molecular weight excluding hydrogens is 388 g/mol. The number of amides is 1. The number of nitrogens with zero attached hydrogens (tertiary/aromatic N) is 2. The highest BCUT2D eigenvalue weighted by Crippen LogP contribution is 2.31. The topological polar surface area (TPSA) is 59.5 Å². The maximum atomic E-state index is 13.5. The second-order valence-corrected chi connectivity index (χ2v) is 7.77. The van der Waals surface area contributed by atoms with E-state index in [4.69, 9.17) is 9.72 Å². The molecule has 5 nitrogen and oxygen atoms in total. The zero-order chi connectivity index (χ0) is 21.6. The van der Waals surface area contributed by atoms with E-state index in [0.717, 1.165) is 48.1 Å². The molecule has 5 heteroatoms. The lowest BCUT2D eigenvalue weighted by atomic mass is 9.98. The average molecular weight is 415 g/mol. The molecule has 0 bridgehead atoms. The molecule has 0 aliphatic heterocycles. The number of benzene rings is 2. The standard InChI is InChI=1S/C26H26N2O3/c1-31-24(29)18-28(21-14-8-9-15-21)26(30)23-17-16-22(19-10-4-2-5-11-19)25(27-23)20-12-6-3-7-13-20/h2-7,10-13,16-17,21H,8-9,14-15,18H2,1H3. The van der Waals surface area contributed by atoms with Crippen molar-refractivity contribution >= 4 is 11.9 Å². The highest BCUT2D eigenvalue weighted by Gasteiger charge is 2.30. The fourth-order valence-electron chi connectivity index (χ4n) is 4.18. The molecule has 1 amide bonds. The van der Waals surface area contributed by atoms with Crippen LogP contribution in [0.4, 0.5) is 0 Å². The van der Waals surface area contributed by atoms with Gasteiger partial charge in [-0.3, -0.25) is 9.59 Å². The summed E-state index contributed by atoms with van der Waals surface area (Å²) in [6.07, 6.45) is 3.92. The van der Waals surface area contributed by atoms with Crippen LogP contribution in [0, 0.1) is 0 Å². The lowest BCUT2D eigenvalue weighted by Crippen LogP contribution is -2.43. The number of carbonyl (C=O) groups is 2. The molecule has 1 aliphatic rings. The predicted molar refractivity (Wildman–Crippen MR) is 120 cm³/mol. The summed E-state index contributed by atoms with van der Waals surface area (Å²) in [5.74, 6) is -0.640. The van der Waals surface area contributed by atoms with Crippen LogP contribution in [-0.4, -0.2) is 41.5 Å². The minimum absolute atomic E-state index is 0.0439. The van der Waals surface area contributed by atoms with Crippen LogP contribution in [0.1, 0.15) is 36.2 Å². The Morgan fingerprint density at radius 1 is 0.903 bits per heavy atom. The van der Waals surface area contributed by atoms with E-state index in [2.05, 4.69) is 0 Å². The highest BCUT2D eigenvalue weighted by molar-refractivity contribution is 5.96. The third kappa shape index (κ3) is 4.66. The van der Waals surface area contributed by atoms with E-state index in [0.29, 0.717) is 5.69 Å². The highest BCUT2D eigenvalue weighted by atomic mass is 16.5. The Hall–Kier alpha value is -3.47. The van der Waals surface area contributed by atoms with Gasteiger partial charge in [-0.1, -0.05) is 73.5 Å². The van der Waals surface area contributed by atoms with Crippen molar-refractivity contribution in [1.29, 1.82) is 0 Å². The maximum Gasteiger partial charge on any atom is 0.325 e. The van der Waals surface area contributed by atoms with E-state index in [-0.39, 0.29) is 18.5 Å². The minimum Gasteiger partial charge on any atom is -0.468 e. The Kier molecular flexibility index (Phi) is 6.41. The van der Waals surface area contributed by atoms with Gasteiger partial charge in [-0.05, 0) is 30.5 Å². The van der Waals surface area contributed by atoms with E-state index < -0.39 is 5.97 Å². The van der Waals surface area contributed by atoms with Crippen LogP contribution < -0.4 is 0 Å². The van der Waals surface area contributed by atoms with E-state index in [1.807, 2.05) is 66.7 Å². The molecule has 1 heterocycles. The van der Waals surface area contributed by atoms with Crippen LogP contribution >= 0.6 is 0 Å². The van der Waals surface area contributed by atoms with Crippen molar-refractivity contribution in [3.8, 4) is 22.4 Å². The van der Waals surface area contributed by atoms with Gasteiger partial charge in [0.15, 0.2) is 0 Å². The predicted octanol–water partition coefficient (Wildman–Crippen LogP) is 4.97. The number of ether oxygens (including phenoxy) is 1. The van der Waals surface area contributed by atoms with Crippen molar-refractivity contribution in [1.82, 2.24) is 9.88 Å². The largest absolute Gasteiger partial charge is 0.468 e. The molecule has 3 aromatic rings. The molecule has 0 saturated heterocycles. The Morgan fingerprint density at radius 2 is 1.52 bits per heavy atom. The molecule has 1 fully saturated rings. The maximum absolute atomic E-state index is 13.5. The first kappa shape index (κ1) is 20.8. The van der Waals surface area contributed by atoms with Crippen molar-refractivity contribution in [3.63, 3.8) is 0 Å². The lowest BCUT2D eigenvalue weighted by molar-refractivity contribution is -0.141. The number of hydrogen-bond acceptors (Lipinski definition) is 4. The van der Waals surface area contributed by atoms with E-state index in [1.54, 1.807) is 11.0 Å². The van der Waals surface area contributed by atoms with Crippen molar-refractivity contribution in [2.24, 2.45) is 0 Å². The van der Waals surface area contributed by atoms with Gasteiger partial charge in [-0.25, -0.2) is 4.98 Å². The minimum atomic E-state index is -0.413. The monoisotopic (exact) mass is 414 g/mol. The Morgan fingerprint density at radius 3 is 2.13 bits per heavy atom. The third-order valence-corrected chi connectivity index (χ3v) is 5.80. The summed E-state index contributed by atoms with van der Waals surface area (Å²) in [6, 6.07) is 23.6. The summed E-state index contributed by atoms with van der Waals surface area (Å²) in [6.45, 7) is -0.0528. The second kappa shape index (κ2) is 9.56. The molecule has 31 heavy (non-hydrogen) atoms. The fraction of sp³-hybridized carbons (Fsp3) is 0.269. The average Bonchev–Trinajstić information content (AvgIpc) is 3.37. The number of esters is 1. The van der Waals surface area contributed by atoms with Gasteiger partial charge in [0.1, 0.15) is 12.2 Å². The summed E-state index contributed by atoms with van der Waals surface area (Å²) < 4.78 is 4.84. The number of aromatic nitrogens is 1. The van der Waals surface area contributed by atoms with Crippen LogP contribution in [-0.2, 0) is 9.53 Å². The zero-order valence-electron chi connectivity index (χ0n) is 17.7. The van der Waals surface area contributed by atoms with Crippen LogP contribution in [0.3, 0.4) is 0 Å². The number of hydrogen-bond donors (Lipinski definition) is 0. The number of carbonyl (C=O) groups excluding carboxylic acids is 2. The quantitative estimate of drug-likeness (QED) is 0.534. The number of pyridine rings is 1.